The molecule has 1 rings (SSSR count). The minimum Gasteiger partial charge on any atom is -0.480 e. The van der Waals surface area contributed by atoms with Crippen LogP contribution in [0.15, 0.2) is 18.2 Å². The van der Waals surface area contributed by atoms with E-state index in [2.05, 4.69) is 21.3 Å². The number of likely N-dealkylation sites (N-methyl/N-ethyl adjacent to an activating group) is 1. The van der Waals surface area contributed by atoms with Crippen molar-refractivity contribution >= 4 is 54.8 Å². The van der Waals surface area contributed by atoms with Crippen LogP contribution in [0.25, 0.3) is 0 Å². The minimum absolute atomic E-state index is 0.0144. The van der Waals surface area contributed by atoms with E-state index >= 15 is 0 Å². The molecule has 2 atom stereocenters. The highest BCUT2D eigenvalue weighted by molar-refractivity contribution is 6.62. The molecule has 0 bridgehead atoms. The summed E-state index contributed by atoms with van der Waals surface area (Å²) in [5, 5.41) is 66.5. The smallest absolute Gasteiger partial charge is 0.480 e. The number of carboxylic acids is 2. The average Bonchev–Trinajstić information content (AvgIpc) is 3.04. The first-order valence-corrected chi connectivity index (χ1v) is 16.7. The lowest BCUT2D eigenvalue weighted by atomic mass is 9.72. The maximum Gasteiger partial charge on any atom is 0.488 e. The van der Waals surface area contributed by atoms with Crippen molar-refractivity contribution in [2.45, 2.75) is 108 Å². The molecule has 48 heavy (non-hydrogen) atoms. The molecule has 10 N–H and O–H groups in total. The summed E-state index contributed by atoms with van der Waals surface area (Å²) in [6.07, 6.45) is 9.90. The van der Waals surface area contributed by atoms with E-state index in [0.717, 1.165) is 51.4 Å². The number of aliphatic carboxylic acids is 2. The first kappa shape index (κ1) is 42.5. The van der Waals surface area contributed by atoms with E-state index in [4.69, 9.17) is 5.11 Å². The molecule has 268 valence electrons. The van der Waals surface area contributed by atoms with Gasteiger partial charge in [0, 0.05) is 31.5 Å². The van der Waals surface area contributed by atoms with Gasteiger partial charge in [-0.15, -0.1) is 0 Å². The van der Waals surface area contributed by atoms with Crippen molar-refractivity contribution < 1.29 is 54.3 Å². The number of hydrogen-bond acceptors (Lipinski definition) is 10. The van der Waals surface area contributed by atoms with Crippen LogP contribution < -0.4 is 32.2 Å². The summed E-state index contributed by atoms with van der Waals surface area (Å²) >= 11 is 0. The number of nitrogens with one attached hydrogen (secondary N) is 4. The largest absolute Gasteiger partial charge is 0.488 e. The average molecular weight is 678 g/mol. The monoisotopic (exact) mass is 678 g/mol. The number of carbonyl (C=O) groups excluding carboxylic acids is 3. The summed E-state index contributed by atoms with van der Waals surface area (Å²) in [4.78, 5) is 59.3. The van der Waals surface area contributed by atoms with Gasteiger partial charge in [0.1, 0.15) is 12.1 Å². The van der Waals surface area contributed by atoms with Crippen LogP contribution >= 0.6 is 0 Å². The van der Waals surface area contributed by atoms with E-state index < -0.39 is 44.2 Å². The molecule has 0 fully saturated rings. The number of carboxylic acid groups (broad SMARTS) is 2. The zero-order chi connectivity index (χ0) is 35.9. The summed E-state index contributed by atoms with van der Waals surface area (Å²) in [5.41, 5.74) is 0.0745. The van der Waals surface area contributed by atoms with Gasteiger partial charge in [-0.25, -0.2) is 4.79 Å². The zero-order valence-corrected chi connectivity index (χ0v) is 27.8. The highest BCUT2D eigenvalue weighted by Crippen LogP contribution is 2.11. The van der Waals surface area contributed by atoms with Crippen LogP contribution in [-0.4, -0.2) is 106 Å². The Balaban J connectivity index is 2.11. The zero-order valence-electron chi connectivity index (χ0n) is 27.8. The predicted molar refractivity (Wildman–Crippen MR) is 181 cm³/mol. The summed E-state index contributed by atoms with van der Waals surface area (Å²) in [5.74, 6) is -3.26. The van der Waals surface area contributed by atoms with Gasteiger partial charge in [0.05, 0.1) is 0 Å². The van der Waals surface area contributed by atoms with Crippen LogP contribution in [0.4, 0.5) is 0 Å². The van der Waals surface area contributed by atoms with Crippen molar-refractivity contribution in [2.75, 3.05) is 20.1 Å². The number of hydrogen-bond donors (Lipinski definition) is 10. The molecule has 0 saturated carbocycles. The Morgan fingerprint density at radius 2 is 1.10 bits per heavy atom. The molecule has 1 aromatic carbocycles. The molecule has 0 heterocycles. The van der Waals surface area contributed by atoms with Crippen LogP contribution in [0.5, 0.6) is 0 Å². The maximum atomic E-state index is 12.4. The highest BCUT2D eigenvalue weighted by Gasteiger charge is 2.22. The second-order valence-electron chi connectivity index (χ2n) is 11.8. The van der Waals surface area contributed by atoms with Crippen molar-refractivity contribution in [3.8, 4) is 0 Å². The Kier molecular flexibility index (Phi) is 21.8. The van der Waals surface area contributed by atoms with E-state index in [-0.39, 0.29) is 47.6 Å². The van der Waals surface area contributed by atoms with Gasteiger partial charge in [0.25, 0.3) is 5.91 Å². The van der Waals surface area contributed by atoms with Crippen molar-refractivity contribution in [3.63, 3.8) is 0 Å². The molecule has 17 heteroatoms. The molecule has 1 aromatic rings. The summed E-state index contributed by atoms with van der Waals surface area (Å²) in [6, 6.07) is 1.99. The Hall–Kier alpha value is -3.50. The van der Waals surface area contributed by atoms with Crippen LogP contribution in [0, 0.1) is 0 Å². The molecular weight excluding hydrogens is 626 g/mol. The van der Waals surface area contributed by atoms with Crippen LogP contribution in [0.1, 0.15) is 107 Å². The Bertz CT molecular complexity index is 1130. The molecule has 3 amide bonds. The molecule has 0 spiro atoms. The Labute approximate surface area is 282 Å². The third-order valence-corrected chi connectivity index (χ3v) is 7.88. The Morgan fingerprint density at radius 3 is 1.62 bits per heavy atom. The highest BCUT2D eigenvalue weighted by atomic mass is 16.4. The van der Waals surface area contributed by atoms with E-state index in [0.29, 0.717) is 38.8 Å². The standard InChI is InChI=1S/C31H52B2N4O11/c1-34-25(30(41)42)13-10-12-17-35-27(38)16-15-26(31(43)44)37-28(39)14-9-7-5-3-2-4-6-8-11-18-36-29(40)22-19-23(32(45)46)21-24(20-22)33(47)48/h19-21,25-26,34,45-48H,2-18H2,1H3,(H,35,38)(H,36,40)(H,37,39)(H,41,42)(H,43,44)/t25-,26-/m0/s1. The second kappa shape index (κ2) is 24.6. The third-order valence-electron chi connectivity index (χ3n) is 7.88. The first-order valence-electron chi connectivity index (χ1n) is 16.7. The lowest BCUT2D eigenvalue weighted by Gasteiger charge is -2.14. The molecule has 15 nitrogen and oxygen atoms in total. The SMILES string of the molecule is CN[C@@H](CCCCNC(=O)CC[C@H](NC(=O)CCCCCCCCCCCNC(=O)c1cc(B(O)O)cc(B(O)O)c1)C(=O)O)C(=O)O. The number of rotatable bonds is 27. The van der Waals surface area contributed by atoms with Crippen molar-refractivity contribution in [3.05, 3.63) is 23.8 Å². The van der Waals surface area contributed by atoms with E-state index in [1.807, 2.05) is 0 Å². The molecule has 0 saturated heterocycles. The quantitative estimate of drug-likeness (QED) is 0.0397. The lowest BCUT2D eigenvalue weighted by Crippen LogP contribution is -2.41. The predicted octanol–water partition coefficient (Wildman–Crippen LogP) is -1.01. The van der Waals surface area contributed by atoms with Gasteiger partial charge in [0.2, 0.25) is 11.8 Å². The van der Waals surface area contributed by atoms with Crippen LogP contribution in [0.3, 0.4) is 0 Å². The van der Waals surface area contributed by atoms with Gasteiger partial charge in [-0.1, -0.05) is 51.0 Å². The Morgan fingerprint density at radius 1 is 0.604 bits per heavy atom. The summed E-state index contributed by atoms with van der Waals surface area (Å²) in [7, 11) is -2.12. The third kappa shape index (κ3) is 18.7. The summed E-state index contributed by atoms with van der Waals surface area (Å²) in [6.45, 7) is 0.784. The van der Waals surface area contributed by atoms with Gasteiger partial charge in [-0.2, -0.15) is 0 Å². The topological polar surface area (TPSA) is 255 Å². The van der Waals surface area contributed by atoms with Crippen LogP contribution in [-0.2, 0) is 19.2 Å². The van der Waals surface area contributed by atoms with Crippen LogP contribution in [0.2, 0.25) is 0 Å². The fourth-order valence-electron chi connectivity index (χ4n) is 5.04. The van der Waals surface area contributed by atoms with Crippen molar-refractivity contribution in [1.29, 1.82) is 0 Å². The van der Waals surface area contributed by atoms with E-state index in [1.54, 1.807) is 7.05 Å². The molecule has 0 aliphatic carbocycles. The molecule has 0 aliphatic heterocycles. The first-order chi connectivity index (χ1) is 22.8. The second-order valence-corrected chi connectivity index (χ2v) is 11.8. The van der Waals surface area contributed by atoms with E-state index in [1.165, 1.54) is 18.2 Å². The minimum atomic E-state index is -1.85. The number of unbranched alkanes of at least 4 members (excludes halogenated alkanes) is 9. The fourth-order valence-corrected chi connectivity index (χ4v) is 5.04. The van der Waals surface area contributed by atoms with Crippen molar-refractivity contribution in [1.82, 2.24) is 21.3 Å². The van der Waals surface area contributed by atoms with Gasteiger partial charge in [-0.3, -0.25) is 19.2 Å². The normalized spacial score (nSPS) is 12.1. The molecule has 0 unspecified atom stereocenters. The summed E-state index contributed by atoms with van der Waals surface area (Å²) < 4.78 is 0. The number of amides is 3. The van der Waals surface area contributed by atoms with E-state index in [9.17, 15) is 49.2 Å². The number of benzene rings is 1. The lowest BCUT2D eigenvalue weighted by molar-refractivity contribution is -0.142. The molecule has 0 radical (unpaired) electrons. The van der Waals surface area contributed by atoms with Crippen molar-refractivity contribution in [2.24, 2.45) is 0 Å². The number of carbonyl (C=O) groups is 5. The fraction of sp³-hybridized carbons (Fsp3) is 0.645. The van der Waals surface area contributed by atoms with Gasteiger partial charge < -0.3 is 51.6 Å². The molecule has 0 aromatic heterocycles. The van der Waals surface area contributed by atoms with Gasteiger partial charge in [0.15, 0.2) is 0 Å². The van der Waals surface area contributed by atoms with Gasteiger partial charge in [-0.05, 0) is 68.6 Å². The molecule has 0 aliphatic rings. The maximum absolute atomic E-state index is 12.4. The van der Waals surface area contributed by atoms with Gasteiger partial charge >= 0.3 is 26.2 Å². The molecular formula is C31H52B2N4O11.